The molecular weight excluding hydrogens is 338 g/mol. The monoisotopic (exact) mass is 345 g/mol. The van der Waals surface area contributed by atoms with Gasteiger partial charge in [-0.05, 0) is 36.2 Å². The molecule has 0 unspecified atom stereocenters. The van der Waals surface area contributed by atoms with Crippen LogP contribution in [0.5, 0.6) is 0 Å². The van der Waals surface area contributed by atoms with Crippen molar-refractivity contribution in [3.63, 3.8) is 0 Å². The van der Waals surface area contributed by atoms with E-state index in [0.717, 1.165) is 16.0 Å². The van der Waals surface area contributed by atoms with E-state index >= 15 is 0 Å². The fourth-order valence-electron chi connectivity index (χ4n) is 1.38. The van der Waals surface area contributed by atoms with Crippen LogP contribution in [0.3, 0.4) is 0 Å². The minimum absolute atomic E-state index is 0.230. The van der Waals surface area contributed by atoms with Crippen molar-refractivity contribution in [2.75, 3.05) is 5.32 Å². The second kappa shape index (κ2) is 5.77. The molecule has 1 N–H and O–H groups in total. The second-order valence-electron chi connectivity index (χ2n) is 3.48. The first-order chi connectivity index (χ1) is 8.61. The maximum absolute atomic E-state index is 12.0. The van der Waals surface area contributed by atoms with E-state index < -0.39 is 0 Å². The van der Waals surface area contributed by atoms with E-state index in [2.05, 4.69) is 30.8 Å². The van der Waals surface area contributed by atoms with Gasteiger partial charge in [0.25, 0.3) is 5.91 Å². The van der Waals surface area contributed by atoms with Crippen molar-refractivity contribution in [3.05, 3.63) is 38.3 Å². The van der Waals surface area contributed by atoms with Gasteiger partial charge in [0.15, 0.2) is 0 Å². The van der Waals surface area contributed by atoms with Crippen LogP contribution < -0.4 is 5.32 Å². The summed E-state index contributed by atoms with van der Waals surface area (Å²) in [4.78, 5) is 12.6. The lowest BCUT2D eigenvalue weighted by atomic mass is 10.2. The Labute approximate surface area is 122 Å². The summed E-state index contributed by atoms with van der Waals surface area (Å²) in [6.07, 6.45) is 0.674. The highest BCUT2D eigenvalue weighted by Crippen LogP contribution is 2.26. The fourth-order valence-corrected chi connectivity index (χ4v) is 2.75. The molecular formula is C11H9BrClN3OS. The van der Waals surface area contributed by atoms with Crippen LogP contribution in [0.25, 0.3) is 0 Å². The first-order valence-electron chi connectivity index (χ1n) is 5.19. The Morgan fingerprint density at radius 3 is 3.00 bits per heavy atom. The third-order valence-electron chi connectivity index (χ3n) is 2.28. The Bertz CT molecular complexity index is 587. The quantitative estimate of drug-likeness (QED) is 0.920. The molecule has 2 rings (SSSR count). The van der Waals surface area contributed by atoms with Gasteiger partial charge in [-0.15, -0.1) is 5.10 Å². The summed E-state index contributed by atoms with van der Waals surface area (Å²) >= 11 is 10.4. The van der Waals surface area contributed by atoms with Crippen LogP contribution in [0.4, 0.5) is 5.69 Å². The van der Waals surface area contributed by atoms with E-state index in [1.165, 1.54) is 0 Å². The van der Waals surface area contributed by atoms with E-state index in [1.807, 2.05) is 13.0 Å². The number of carbonyl (C=O) groups is 1. The number of anilines is 1. The number of rotatable bonds is 3. The first-order valence-corrected chi connectivity index (χ1v) is 7.14. The molecule has 0 radical (unpaired) electrons. The SMILES string of the molecule is CCc1nnsc1C(=O)Nc1ccc(Br)cc1Cl. The van der Waals surface area contributed by atoms with Crippen molar-refractivity contribution < 1.29 is 4.79 Å². The van der Waals surface area contributed by atoms with Gasteiger partial charge >= 0.3 is 0 Å². The van der Waals surface area contributed by atoms with Gasteiger partial charge in [-0.1, -0.05) is 38.9 Å². The molecule has 0 bridgehead atoms. The van der Waals surface area contributed by atoms with E-state index in [9.17, 15) is 4.79 Å². The summed E-state index contributed by atoms with van der Waals surface area (Å²) in [5.41, 5.74) is 1.27. The molecule has 2 aromatic rings. The maximum atomic E-state index is 12.0. The molecule has 0 saturated carbocycles. The Balaban J connectivity index is 2.21. The average molecular weight is 347 g/mol. The highest BCUT2D eigenvalue weighted by Gasteiger charge is 2.16. The van der Waals surface area contributed by atoms with Gasteiger partial charge in [0.05, 0.1) is 16.4 Å². The Morgan fingerprint density at radius 2 is 2.33 bits per heavy atom. The summed E-state index contributed by atoms with van der Waals surface area (Å²) < 4.78 is 4.64. The van der Waals surface area contributed by atoms with Crippen LogP contribution in [0, 0.1) is 0 Å². The van der Waals surface area contributed by atoms with Crippen molar-refractivity contribution in [2.45, 2.75) is 13.3 Å². The van der Waals surface area contributed by atoms with Crippen LogP contribution >= 0.6 is 39.1 Å². The topological polar surface area (TPSA) is 54.9 Å². The Kier molecular flexibility index (Phi) is 4.31. The van der Waals surface area contributed by atoms with Gasteiger partial charge in [-0.3, -0.25) is 4.79 Å². The minimum Gasteiger partial charge on any atom is -0.320 e. The number of hydrogen-bond acceptors (Lipinski definition) is 4. The number of aromatic nitrogens is 2. The first kappa shape index (κ1) is 13.5. The van der Waals surface area contributed by atoms with Crippen molar-refractivity contribution in [1.29, 1.82) is 0 Å². The molecule has 1 aromatic carbocycles. The number of carbonyl (C=O) groups excluding carboxylic acids is 1. The number of amides is 1. The highest BCUT2D eigenvalue weighted by atomic mass is 79.9. The smallest absolute Gasteiger partial charge is 0.269 e. The molecule has 0 aliphatic rings. The molecule has 0 aliphatic heterocycles. The number of halogens is 2. The molecule has 1 aromatic heterocycles. The molecule has 94 valence electrons. The van der Waals surface area contributed by atoms with Gasteiger partial charge in [0.2, 0.25) is 0 Å². The molecule has 0 saturated heterocycles. The lowest BCUT2D eigenvalue weighted by Crippen LogP contribution is -2.12. The van der Waals surface area contributed by atoms with Crippen LogP contribution in [0.15, 0.2) is 22.7 Å². The predicted molar refractivity (Wildman–Crippen MR) is 76.4 cm³/mol. The second-order valence-corrected chi connectivity index (χ2v) is 5.56. The summed E-state index contributed by atoms with van der Waals surface area (Å²) in [6, 6.07) is 5.28. The Hall–Kier alpha value is -0.980. The number of nitrogens with zero attached hydrogens (tertiary/aromatic N) is 2. The van der Waals surface area contributed by atoms with E-state index in [4.69, 9.17) is 11.6 Å². The highest BCUT2D eigenvalue weighted by molar-refractivity contribution is 9.10. The Morgan fingerprint density at radius 1 is 1.56 bits per heavy atom. The van der Waals surface area contributed by atoms with Crippen molar-refractivity contribution >= 4 is 50.7 Å². The average Bonchev–Trinajstić information content (AvgIpc) is 2.81. The maximum Gasteiger partial charge on any atom is 0.269 e. The molecule has 0 spiro atoms. The van der Waals surface area contributed by atoms with E-state index in [1.54, 1.807) is 12.1 Å². The summed E-state index contributed by atoms with van der Waals surface area (Å²) in [7, 11) is 0. The standard InChI is InChI=1S/C11H9BrClN3OS/c1-2-8-10(18-16-15-8)11(17)14-9-4-3-6(12)5-7(9)13/h3-5H,2H2,1H3,(H,14,17). The summed E-state index contributed by atoms with van der Waals surface area (Å²) in [6.45, 7) is 1.93. The molecule has 7 heteroatoms. The lowest BCUT2D eigenvalue weighted by molar-refractivity contribution is 0.102. The predicted octanol–water partition coefficient (Wildman–Crippen LogP) is 3.77. The number of aryl methyl sites for hydroxylation is 1. The lowest BCUT2D eigenvalue weighted by Gasteiger charge is -2.06. The zero-order valence-electron chi connectivity index (χ0n) is 9.41. The van der Waals surface area contributed by atoms with Gasteiger partial charge < -0.3 is 5.32 Å². The minimum atomic E-state index is -0.230. The molecule has 0 aliphatic carbocycles. The fraction of sp³-hybridized carbons (Fsp3) is 0.182. The number of hydrogen-bond donors (Lipinski definition) is 1. The molecule has 0 fully saturated rings. The molecule has 4 nitrogen and oxygen atoms in total. The van der Waals surface area contributed by atoms with Crippen molar-refractivity contribution in [3.8, 4) is 0 Å². The molecule has 1 amide bonds. The van der Waals surface area contributed by atoms with E-state index in [0.29, 0.717) is 27.7 Å². The van der Waals surface area contributed by atoms with E-state index in [-0.39, 0.29) is 5.91 Å². The van der Waals surface area contributed by atoms with Crippen LogP contribution in [0.2, 0.25) is 5.02 Å². The van der Waals surface area contributed by atoms with Gasteiger partial charge in [-0.25, -0.2) is 0 Å². The van der Waals surface area contributed by atoms with Crippen LogP contribution in [-0.2, 0) is 6.42 Å². The van der Waals surface area contributed by atoms with Crippen molar-refractivity contribution in [1.82, 2.24) is 9.59 Å². The third kappa shape index (κ3) is 2.88. The van der Waals surface area contributed by atoms with Gasteiger partial charge in [0.1, 0.15) is 4.88 Å². The summed E-state index contributed by atoms with van der Waals surface area (Å²) in [5.74, 6) is -0.230. The van der Waals surface area contributed by atoms with Gasteiger partial charge in [-0.2, -0.15) is 0 Å². The summed E-state index contributed by atoms with van der Waals surface area (Å²) in [5, 5.41) is 7.13. The van der Waals surface area contributed by atoms with Gasteiger partial charge in [0, 0.05) is 4.47 Å². The third-order valence-corrected chi connectivity index (χ3v) is 3.85. The number of nitrogens with one attached hydrogen (secondary N) is 1. The largest absolute Gasteiger partial charge is 0.320 e. The number of benzene rings is 1. The van der Waals surface area contributed by atoms with Crippen molar-refractivity contribution in [2.24, 2.45) is 0 Å². The molecule has 1 heterocycles. The molecule has 0 atom stereocenters. The zero-order valence-corrected chi connectivity index (χ0v) is 12.6. The van der Waals surface area contributed by atoms with Crippen LogP contribution in [-0.4, -0.2) is 15.5 Å². The van der Waals surface area contributed by atoms with Crippen LogP contribution in [0.1, 0.15) is 22.3 Å². The zero-order chi connectivity index (χ0) is 13.1. The molecule has 18 heavy (non-hydrogen) atoms. The normalized spacial score (nSPS) is 10.4.